The number of nitrogens with zero attached hydrogens (tertiary/aromatic N) is 1. The van der Waals surface area contributed by atoms with E-state index < -0.39 is 10.0 Å². The van der Waals surface area contributed by atoms with E-state index in [2.05, 4.69) is 4.72 Å². The maximum Gasteiger partial charge on any atom is 0.240 e. The fraction of sp³-hybridized carbons (Fsp3) is 0.375. The summed E-state index contributed by atoms with van der Waals surface area (Å²) >= 11 is 0. The molecular weight excluding hydrogens is 300 g/mol. The Bertz CT molecular complexity index is 722. The monoisotopic (exact) mass is 322 g/mol. The van der Waals surface area contributed by atoms with Crippen LogP contribution < -0.4 is 4.72 Å². The molecule has 2 aromatic rings. The van der Waals surface area contributed by atoms with Crippen LogP contribution in [0.2, 0.25) is 0 Å². The predicted molar refractivity (Wildman–Crippen MR) is 86.2 cm³/mol. The van der Waals surface area contributed by atoms with Gasteiger partial charge < -0.3 is 4.42 Å². The van der Waals surface area contributed by atoms with Crippen LogP contribution in [0.25, 0.3) is 0 Å². The van der Waals surface area contributed by atoms with E-state index in [1.807, 2.05) is 45.0 Å². The normalized spacial score (nSPS) is 13.5. The largest absolute Gasteiger partial charge is 0.468 e. The van der Waals surface area contributed by atoms with Crippen molar-refractivity contribution >= 4 is 10.0 Å². The second-order valence-electron chi connectivity index (χ2n) is 5.59. The summed E-state index contributed by atoms with van der Waals surface area (Å²) in [6.07, 6.45) is 1.59. The Kier molecular flexibility index (Phi) is 5.05. The Hall–Kier alpha value is -1.63. The average molecular weight is 322 g/mol. The SMILES string of the molecule is Cc1ccc(S(=O)(=O)NCC(c2ccco2)N(C)C)cc1C. The molecule has 5 nitrogen and oxygen atoms in total. The van der Waals surface area contributed by atoms with Crippen molar-refractivity contribution in [3.05, 3.63) is 53.5 Å². The molecule has 0 radical (unpaired) electrons. The maximum atomic E-state index is 12.4. The highest BCUT2D eigenvalue weighted by Crippen LogP contribution is 2.19. The van der Waals surface area contributed by atoms with Crippen LogP contribution in [0.15, 0.2) is 45.9 Å². The van der Waals surface area contributed by atoms with Crippen LogP contribution in [0, 0.1) is 13.8 Å². The number of nitrogens with one attached hydrogen (secondary N) is 1. The van der Waals surface area contributed by atoms with E-state index in [-0.39, 0.29) is 17.5 Å². The van der Waals surface area contributed by atoms with Crippen LogP contribution >= 0.6 is 0 Å². The van der Waals surface area contributed by atoms with Gasteiger partial charge in [-0.2, -0.15) is 0 Å². The molecule has 0 saturated carbocycles. The third-order valence-electron chi connectivity index (χ3n) is 3.75. The van der Waals surface area contributed by atoms with E-state index in [1.165, 1.54) is 0 Å². The highest BCUT2D eigenvalue weighted by Gasteiger charge is 2.21. The molecule has 0 bridgehead atoms. The first kappa shape index (κ1) is 16.7. The third-order valence-corrected chi connectivity index (χ3v) is 5.17. The van der Waals surface area contributed by atoms with Gasteiger partial charge in [-0.15, -0.1) is 0 Å². The zero-order chi connectivity index (χ0) is 16.3. The van der Waals surface area contributed by atoms with Gasteiger partial charge in [-0.05, 0) is 63.3 Å². The highest BCUT2D eigenvalue weighted by molar-refractivity contribution is 7.89. The molecule has 1 heterocycles. The molecule has 1 aromatic carbocycles. The van der Waals surface area contributed by atoms with Gasteiger partial charge in [0.15, 0.2) is 0 Å². The predicted octanol–water partition coefficient (Wildman–Crippen LogP) is 2.48. The molecule has 1 atom stereocenters. The summed E-state index contributed by atoms with van der Waals surface area (Å²) in [7, 11) is 0.235. The molecule has 120 valence electrons. The van der Waals surface area contributed by atoms with Crippen LogP contribution in [0.3, 0.4) is 0 Å². The minimum Gasteiger partial charge on any atom is -0.468 e. The van der Waals surface area contributed by atoms with Gasteiger partial charge in [0.2, 0.25) is 10.0 Å². The first-order chi connectivity index (χ1) is 10.3. The van der Waals surface area contributed by atoms with E-state index in [4.69, 9.17) is 4.42 Å². The number of rotatable bonds is 6. The Morgan fingerprint density at radius 2 is 1.91 bits per heavy atom. The van der Waals surface area contributed by atoms with Crippen LogP contribution in [0.5, 0.6) is 0 Å². The number of hydrogen-bond acceptors (Lipinski definition) is 4. The molecule has 2 rings (SSSR count). The number of sulfonamides is 1. The summed E-state index contributed by atoms with van der Waals surface area (Å²) in [4.78, 5) is 2.20. The van der Waals surface area contributed by atoms with E-state index in [9.17, 15) is 8.42 Å². The average Bonchev–Trinajstić information content (AvgIpc) is 2.95. The Balaban J connectivity index is 2.16. The van der Waals surface area contributed by atoms with Gasteiger partial charge in [0.1, 0.15) is 5.76 Å². The topological polar surface area (TPSA) is 62.6 Å². The fourth-order valence-corrected chi connectivity index (χ4v) is 3.29. The summed E-state index contributed by atoms with van der Waals surface area (Å²) in [6.45, 7) is 4.10. The number of furan rings is 1. The Morgan fingerprint density at radius 3 is 2.45 bits per heavy atom. The van der Waals surface area contributed by atoms with Crippen molar-refractivity contribution in [3.63, 3.8) is 0 Å². The van der Waals surface area contributed by atoms with Crippen molar-refractivity contribution in [2.45, 2.75) is 24.8 Å². The second-order valence-corrected chi connectivity index (χ2v) is 7.36. The molecule has 1 unspecified atom stereocenters. The lowest BCUT2D eigenvalue weighted by Crippen LogP contribution is -2.34. The van der Waals surface area contributed by atoms with Crippen molar-refractivity contribution < 1.29 is 12.8 Å². The first-order valence-corrected chi connectivity index (χ1v) is 8.56. The van der Waals surface area contributed by atoms with Crippen LogP contribution in [-0.2, 0) is 10.0 Å². The lowest BCUT2D eigenvalue weighted by atomic mass is 10.1. The molecule has 0 saturated heterocycles. The van der Waals surface area contributed by atoms with Crippen molar-refractivity contribution in [2.75, 3.05) is 20.6 Å². The van der Waals surface area contributed by atoms with E-state index in [0.29, 0.717) is 0 Å². The number of likely N-dealkylation sites (N-methyl/N-ethyl adjacent to an activating group) is 1. The van der Waals surface area contributed by atoms with Crippen molar-refractivity contribution in [2.24, 2.45) is 0 Å². The zero-order valence-electron chi connectivity index (χ0n) is 13.3. The quantitative estimate of drug-likeness (QED) is 0.887. The maximum absolute atomic E-state index is 12.4. The van der Waals surface area contributed by atoms with Gasteiger partial charge in [0.05, 0.1) is 17.2 Å². The van der Waals surface area contributed by atoms with E-state index in [1.54, 1.807) is 24.5 Å². The Labute approximate surface area is 132 Å². The minimum absolute atomic E-state index is 0.156. The lowest BCUT2D eigenvalue weighted by Gasteiger charge is -2.22. The molecule has 1 N–H and O–H groups in total. The smallest absolute Gasteiger partial charge is 0.240 e. The summed E-state index contributed by atoms with van der Waals surface area (Å²) in [5.41, 5.74) is 2.03. The molecule has 0 amide bonds. The van der Waals surface area contributed by atoms with Gasteiger partial charge in [-0.1, -0.05) is 6.07 Å². The van der Waals surface area contributed by atoms with E-state index >= 15 is 0 Å². The molecule has 22 heavy (non-hydrogen) atoms. The van der Waals surface area contributed by atoms with Gasteiger partial charge in [0, 0.05) is 6.54 Å². The molecule has 1 aromatic heterocycles. The van der Waals surface area contributed by atoms with Crippen molar-refractivity contribution in [1.82, 2.24) is 9.62 Å². The fourth-order valence-electron chi connectivity index (χ4n) is 2.17. The van der Waals surface area contributed by atoms with Gasteiger partial charge >= 0.3 is 0 Å². The van der Waals surface area contributed by atoms with Crippen LogP contribution in [0.1, 0.15) is 22.9 Å². The second kappa shape index (κ2) is 6.64. The summed E-state index contributed by atoms with van der Waals surface area (Å²) < 4.78 is 32.9. The molecule has 6 heteroatoms. The minimum atomic E-state index is -3.54. The summed E-state index contributed by atoms with van der Waals surface area (Å²) in [5, 5.41) is 0. The van der Waals surface area contributed by atoms with Crippen LogP contribution in [0.4, 0.5) is 0 Å². The molecule has 0 fully saturated rings. The number of aryl methyl sites for hydroxylation is 2. The zero-order valence-corrected chi connectivity index (χ0v) is 14.1. The summed E-state index contributed by atoms with van der Waals surface area (Å²) in [5.74, 6) is 0.729. The van der Waals surface area contributed by atoms with Crippen molar-refractivity contribution in [3.8, 4) is 0 Å². The van der Waals surface area contributed by atoms with Gasteiger partial charge in [-0.3, -0.25) is 4.90 Å². The molecule has 0 aliphatic heterocycles. The molecular formula is C16H22N2O3S. The van der Waals surface area contributed by atoms with Gasteiger partial charge in [-0.25, -0.2) is 13.1 Å². The third kappa shape index (κ3) is 3.76. The van der Waals surface area contributed by atoms with Gasteiger partial charge in [0.25, 0.3) is 0 Å². The number of benzene rings is 1. The molecule has 0 spiro atoms. The first-order valence-electron chi connectivity index (χ1n) is 7.08. The van der Waals surface area contributed by atoms with Crippen LogP contribution in [-0.4, -0.2) is 34.0 Å². The number of hydrogen-bond donors (Lipinski definition) is 1. The Morgan fingerprint density at radius 1 is 1.18 bits per heavy atom. The standard InChI is InChI=1S/C16H22N2O3S/c1-12-7-8-14(10-13(12)2)22(19,20)17-11-15(18(3)4)16-6-5-9-21-16/h5-10,15,17H,11H2,1-4H3. The summed E-state index contributed by atoms with van der Waals surface area (Å²) in [6, 6.07) is 8.62. The highest BCUT2D eigenvalue weighted by atomic mass is 32.2. The van der Waals surface area contributed by atoms with Crippen molar-refractivity contribution in [1.29, 1.82) is 0 Å². The molecule has 0 aliphatic rings. The lowest BCUT2D eigenvalue weighted by molar-refractivity contribution is 0.259. The van der Waals surface area contributed by atoms with E-state index in [0.717, 1.165) is 16.9 Å². The molecule has 0 aliphatic carbocycles.